The van der Waals surface area contributed by atoms with Crippen LogP contribution in [-0.2, 0) is 17.8 Å². The van der Waals surface area contributed by atoms with Gasteiger partial charge in [0.1, 0.15) is 5.82 Å². The molecule has 186 valence electrons. The molecule has 0 saturated carbocycles. The van der Waals surface area contributed by atoms with E-state index in [0.717, 1.165) is 35.0 Å². The summed E-state index contributed by atoms with van der Waals surface area (Å²) in [5, 5.41) is 4.59. The Morgan fingerprint density at radius 3 is 2.71 bits per heavy atom. The summed E-state index contributed by atoms with van der Waals surface area (Å²) in [7, 11) is 0. The number of carbonyl (C=O) groups is 1. The Balaban J connectivity index is 1.34. The average Bonchev–Trinajstić information content (AvgIpc) is 3.33. The van der Waals surface area contributed by atoms with Crippen LogP contribution in [0.2, 0.25) is 5.02 Å². The fraction of sp³-hybridized carbons (Fsp3) is 0.444. The Kier molecular flexibility index (Phi) is 9.51. The topological polar surface area (TPSA) is 61.4 Å². The fourth-order valence-corrected chi connectivity index (χ4v) is 5.26. The van der Waals surface area contributed by atoms with E-state index in [1.54, 1.807) is 0 Å². The molecule has 8 heteroatoms. The number of hydrogen-bond donors (Lipinski definition) is 1. The second-order valence-electron chi connectivity index (χ2n) is 9.22. The van der Waals surface area contributed by atoms with E-state index >= 15 is 0 Å². The van der Waals surface area contributed by atoms with Gasteiger partial charge in [0.25, 0.3) is 0 Å². The highest BCUT2D eigenvalue weighted by molar-refractivity contribution is 7.09. The Labute approximate surface area is 217 Å². The molecule has 1 saturated heterocycles. The number of amides is 1. The summed E-state index contributed by atoms with van der Waals surface area (Å²) in [6.45, 7) is 6.08. The first-order valence-corrected chi connectivity index (χ1v) is 13.6. The molecule has 1 N–H and O–H groups in total. The van der Waals surface area contributed by atoms with Gasteiger partial charge in [0.15, 0.2) is 0 Å². The highest BCUT2D eigenvalue weighted by Crippen LogP contribution is 2.22. The number of piperidine rings is 1. The summed E-state index contributed by atoms with van der Waals surface area (Å²) >= 11 is 7.34. The van der Waals surface area contributed by atoms with Crippen molar-refractivity contribution in [2.24, 2.45) is 0 Å². The van der Waals surface area contributed by atoms with Crippen LogP contribution in [0, 0.1) is 0 Å². The van der Waals surface area contributed by atoms with E-state index in [1.165, 1.54) is 37.3 Å². The van der Waals surface area contributed by atoms with Gasteiger partial charge in [-0.25, -0.2) is 4.98 Å². The molecule has 0 bridgehead atoms. The van der Waals surface area contributed by atoms with Crippen molar-refractivity contribution in [1.29, 1.82) is 0 Å². The van der Waals surface area contributed by atoms with Crippen molar-refractivity contribution < 1.29 is 4.79 Å². The van der Waals surface area contributed by atoms with Gasteiger partial charge >= 0.3 is 0 Å². The normalized spacial score (nSPS) is 16.2. The first-order valence-electron chi connectivity index (χ1n) is 12.4. The molecule has 6 nitrogen and oxygen atoms in total. The minimum Gasteiger partial charge on any atom is -0.355 e. The molecule has 1 atom stereocenters. The second-order valence-corrected chi connectivity index (χ2v) is 10.4. The van der Waals surface area contributed by atoms with Crippen LogP contribution in [0.25, 0.3) is 0 Å². The molecule has 1 aliphatic heterocycles. The van der Waals surface area contributed by atoms with Gasteiger partial charge < -0.3 is 15.1 Å². The standard InChI is InChI=1S/C27H34ClN5OS/c1-21-8-5-6-16-32(21)17-7-15-29-26(34)20-33(19-23-9-3-2-4-10-23)27-30-25(31-35-27)18-22-11-13-24(28)14-12-22/h2-4,9-14,21H,5-8,15-20H2,1H3,(H,29,34). The summed E-state index contributed by atoms with van der Waals surface area (Å²) in [5.74, 6) is 0.767. The summed E-state index contributed by atoms with van der Waals surface area (Å²) in [5.41, 5.74) is 2.24. The van der Waals surface area contributed by atoms with Gasteiger partial charge in [0.2, 0.25) is 11.0 Å². The maximum absolute atomic E-state index is 12.8. The smallest absolute Gasteiger partial charge is 0.239 e. The molecule has 1 amide bonds. The first kappa shape index (κ1) is 25.6. The first-order chi connectivity index (χ1) is 17.1. The molecule has 2 aromatic carbocycles. The van der Waals surface area contributed by atoms with Gasteiger partial charge in [-0.15, -0.1) is 0 Å². The van der Waals surface area contributed by atoms with Crippen LogP contribution in [0.5, 0.6) is 0 Å². The largest absolute Gasteiger partial charge is 0.355 e. The minimum atomic E-state index is 0.0158. The Bertz CT molecular complexity index is 1060. The van der Waals surface area contributed by atoms with Crippen molar-refractivity contribution >= 4 is 34.2 Å². The molecule has 0 radical (unpaired) electrons. The molecule has 1 aliphatic rings. The number of anilines is 1. The lowest BCUT2D eigenvalue weighted by Crippen LogP contribution is -2.40. The van der Waals surface area contributed by atoms with Crippen LogP contribution >= 0.6 is 23.1 Å². The molecule has 1 unspecified atom stereocenters. The zero-order valence-corrected chi connectivity index (χ0v) is 21.9. The number of nitrogens with one attached hydrogen (secondary N) is 1. The molecular formula is C27H34ClN5OS. The van der Waals surface area contributed by atoms with Crippen molar-refractivity contribution in [3.05, 3.63) is 76.6 Å². The number of hydrogen-bond acceptors (Lipinski definition) is 6. The van der Waals surface area contributed by atoms with E-state index in [2.05, 4.69) is 33.6 Å². The number of benzene rings is 2. The predicted octanol–water partition coefficient (Wildman–Crippen LogP) is 5.17. The highest BCUT2D eigenvalue weighted by Gasteiger charge is 2.19. The van der Waals surface area contributed by atoms with Crippen LogP contribution in [0.1, 0.15) is 49.6 Å². The molecule has 0 spiro atoms. The molecule has 4 rings (SSSR count). The Morgan fingerprint density at radius 2 is 1.94 bits per heavy atom. The van der Waals surface area contributed by atoms with Crippen molar-refractivity contribution in [2.45, 2.75) is 51.6 Å². The summed E-state index contributed by atoms with van der Waals surface area (Å²) in [6, 6.07) is 18.6. The van der Waals surface area contributed by atoms with E-state index in [4.69, 9.17) is 16.6 Å². The highest BCUT2D eigenvalue weighted by atomic mass is 35.5. The Morgan fingerprint density at radius 1 is 1.14 bits per heavy atom. The lowest BCUT2D eigenvalue weighted by Gasteiger charge is -2.33. The van der Waals surface area contributed by atoms with Gasteiger partial charge in [-0.1, -0.05) is 60.5 Å². The van der Waals surface area contributed by atoms with Gasteiger partial charge in [-0.3, -0.25) is 4.79 Å². The average molecular weight is 512 g/mol. The third-order valence-electron chi connectivity index (χ3n) is 6.44. The molecule has 35 heavy (non-hydrogen) atoms. The number of carbonyl (C=O) groups excluding carboxylic acids is 1. The number of halogens is 1. The second kappa shape index (κ2) is 13.0. The zero-order valence-electron chi connectivity index (χ0n) is 20.3. The van der Waals surface area contributed by atoms with Gasteiger partial charge in [-0.05, 0) is 56.0 Å². The number of likely N-dealkylation sites (tertiary alicyclic amines) is 1. The number of rotatable bonds is 11. The predicted molar refractivity (Wildman–Crippen MR) is 144 cm³/mol. The quantitative estimate of drug-likeness (QED) is 0.360. The number of aromatic nitrogens is 2. The maximum atomic E-state index is 12.8. The number of nitrogens with zero attached hydrogens (tertiary/aromatic N) is 4. The summed E-state index contributed by atoms with van der Waals surface area (Å²) in [4.78, 5) is 22.2. The minimum absolute atomic E-state index is 0.0158. The van der Waals surface area contributed by atoms with E-state index in [0.29, 0.717) is 30.6 Å². The van der Waals surface area contributed by atoms with Crippen LogP contribution in [0.4, 0.5) is 5.13 Å². The van der Waals surface area contributed by atoms with Gasteiger partial charge in [0.05, 0.1) is 6.54 Å². The van der Waals surface area contributed by atoms with Crippen molar-refractivity contribution in [1.82, 2.24) is 19.6 Å². The van der Waals surface area contributed by atoms with Crippen LogP contribution in [-0.4, -0.2) is 52.4 Å². The lowest BCUT2D eigenvalue weighted by molar-refractivity contribution is -0.119. The van der Waals surface area contributed by atoms with Gasteiger partial charge in [0, 0.05) is 48.7 Å². The molecule has 3 aromatic rings. The van der Waals surface area contributed by atoms with Crippen molar-refractivity contribution in [2.75, 3.05) is 31.1 Å². The van der Waals surface area contributed by atoms with Crippen molar-refractivity contribution in [3.63, 3.8) is 0 Å². The van der Waals surface area contributed by atoms with Crippen LogP contribution in [0.3, 0.4) is 0 Å². The monoisotopic (exact) mass is 511 g/mol. The van der Waals surface area contributed by atoms with Gasteiger partial charge in [-0.2, -0.15) is 4.37 Å². The fourth-order valence-electron chi connectivity index (χ4n) is 4.45. The molecule has 2 heterocycles. The third-order valence-corrected chi connectivity index (χ3v) is 7.51. The van der Waals surface area contributed by atoms with Crippen molar-refractivity contribution in [3.8, 4) is 0 Å². The maximum Gasteiger partial charge on any atom is 0.239 e. The third kappa shape index (κ3) is 8.02. The Hall–Kier alpha value is -2.48. The van der Waals surface area contributed by atoms with E-state index in [9.17, 15) is 4.79 Å². The van der Waals surface area contributed by atoms with E-state index in [-0.39, 0.29) is 12.5 Å². The van der Waals surface area contributed by atoms with E-state index in [1.807, 2.05) is 47.4 Å². The lowest BCUT2D eigenvalue weighted by atomic mass is 10.0. The summed E-state index contributed by atoms with van der Waals surface area (Å²) < 4.78 is 4.56. The molecule has 1 fully saturated rings. The molecular weight excluding hydrogens is 478 g/mol. The molecule has 1 aromatic heterocycles. The molecule has 0 aliphatic carbocycles. The van der Waals surface area contributed by atoms with Crippen LogP contribution in [0.15, 0.2) is 54.6 Å². The van der Waals surface area contributed by atoms with E-state index < -0.39 is 0 Å². The zero-order chi connectivity index (χ0) is 24.5. The summed E-state index contributed by atoms with van der Waals surface area (Å²) in [6.07, 6.45) is 5.50. The van der Waals surface area contributed by atoms with Crippen LogP contribution < -0.4 is 10.2 Å². The SMILES string of the molecule is CC1CCCCN1CCCNC(=O)CN(Cc1ccccc1)c1nc(Cc2ccc(Cl)cc2)ns1.